The van der Waals surface area contributed by atoms with Crippen molar-refractivity contribution in [3.05, 3.63) is 29.3 Å². The first-order valence-electron chi connectivity index (χ1n) is 8.78. The molecule has 0 spiro atoms. The molecule has 0 N–H and O–H groups in total. The molecule has 0 bridgehead atoms. The Morgan fingerprint density at radius 3 is 2.64 bits per heavy atom. The maximum Gasteiger partial charge on any atom is 0.306 e. The Kier molecular flexibility index (Phi) is 6.46. The Morgan fingerprint density at radius 2 is 2.00 bits per heavy atom. The summed E-state index contributed by atoms with van der Waals surface area (Å²) in [7, 11) is -3.50. The van der Waals surface area contributed by atoms with Crippen LogP contribution in [0.25, 0.3) is 0 Å². The summed E-state index contributed by atoms with van der Waals surface area (Å²) in [6, 6.07) is 5.62. The van der Waals surface area contributed by atoms with Crippen LogP contribution in [0.2, 0.25) is 0 Å². The van der Waals surface area contributed by atoms with E-state index in [0.29, 0.717) is 23.4 Å². The van der Waals surface area contributed by atoms with Gasteiger partial charge in [-0.3, -0.25) is 4.79 Å². The van der Waals surface area contributed by atoms with Gasteiger partial charge in [0.1, 0.15) is 11.5 Å². The zero-order chi connectivity index (χ0) is 17.5. The van der Waals surface area contributed by atoms with Crippen molar-refractivity contribution >= 4 is 45.5 Å². The first kappa shape index (κ1) is 20.9. The fourth-order valence-corrected chi connectivity index (χ4v) is 5.04. The number of fused-ring (bicyclic) bond motifs is 1. The molecule has 1 aromatic rings. The second kappa shape index (κ2) is 7.71. The van der Waals surface area contributed by atoms with E-state index in [-0.39, 0.29) is 35.0 Å². The maximum absolute atomic E-state index is 12.2. The summed E-state index contributed by atoms with van der Waals surface area (Å²) in [5, 5.41) is 0. The van der Waals surface area contributed by atoms with Gasteiger partial charge in [-0.15, -0.1) is 0 Å². The molecule has 0 unspecified atom stereocenters. The molecular formula is C19H26NaO4S. The van der Waals surface area contributed by atoms with Gasteiger partial charge < -0.3 is 4.18 Å². The predicted octanol–water partition coefficient (Wildman–Crippen LogP) is 3.46. The number of carbonyl (C=O) groups is 1. The van der Waals surface area contributed by atoms with E-state index in [9.17, 15) is 13.2 Å². The van der Waals surface area contributed by atoms with E-state index in [1.165, 1.54) is 5.56 Å². The van der Waals surface area contributed by atoms with Crippen LogP contribution in [0, 0.1) is 11.3 Å². The number of carbonyl (C=O) groups excluding carboxylic acids is 1. The molecule has 3 atom stereocenters. The largest absolute Gasteiger partial charge is 0.383 e. The van der Waals surface area contributed by atoms with Crippen LogP contribution in [0.15, 0.2) is 18.2 Å². The van der Waals surface area contributed by atoms with Crippen molar-refractivity contribution in [3.8, 4) is 5.75 Å². The molecule has 0 saturated heterocycles. The first-order valence-corrected chi connectivity index (χ1v) is 10.6. The van der Waals surface area contributed by atoms with Crippen molar-refractivity contribution in [1.82, 2.24) is 0 Å². The van der Waals surface area contributed by atoms with E-state index in [1.807, 2.05) is 12.1 Å². The Hall–Kier alpha value is -0.360. The van der Waals surface area contributed by atoms with E-state index < -0.39 is 10.1 Å². The topological polar surface area (TPSA) is 60.4 Å². The van der Waals surface area contributed by atoms with Crippen LogP contribution in [0.5, 0.6) is 5.75 Å². The van der Waals surface area contributed by atoms with Crippen molar-refractivity contribution in [1.29, 1.82) is 0 Å². The molecule has 1 aromatic carbocycles. The first-order chi connectivity index (χ1) is 11.2. The van der Waals surface area contributed by atoms with Crippen LogP contribution in [0.1, 0.15) is 63.0 Å². The minimum absolute atomic E-state index is 0. The molecule has 25 heavy (non-hydrogen) atoms. The van der Waals surface area contributed by atoms with Crippen LogP contribution in [0.3, 0.4) is 0 Å². The summed E-state index contributed by atoms with van der Waals surface area (Å²) < 4.78 is 27.7. The quantitative estimate of drug-likeness (QED) is 0.599. The summed E-state index contributed by atoms with van der Waals surface area (Å²) in [5.41, 5.74) is 2.33. The molecule has 0 aromatic heterocycles. The van der Waals surface area contributed by atoms with Gasteiger partial charge in [-0.25, -0.2) is 0 Å². The maximum atomic E-state index is 12.2. The molecule has 6 heteroatoms. The van der Waals surface area contributed by atoms with Crippen LogP contribution >= 0.6 is 0 Å². The van der Waals surface area contributed by atoms with Crippen LogP contribution < -0.4 is 4.18 Å². The average Bonchev–Trinajstić information content (AvgIpc) is 2.80. The van der Waals surface area contributed by atoms with Crippen LogP contribution in [-0.4, -0.2) is 50.0 Å². The Labute approximate surface area is 173 Å². The van der Waals surface area contributed by atoms with Gasteiger partial charge in [-0.2, -0.15) is 8.42 Å². The molecule has 3 rings (SSSR count). The van der Waals surface area contributed by atoms with E-state index in [0.717, 1.165) is 50.3 Å². The molecule has 2 fully saturated rings. The average molecular weight is 373 g/mol. The normalized spacial score (nSPS) is 29.0. The third-order valence-corrected chi connectivity index (χ3v) is 6.52. The van der Waals surface area contributed by atoms with Gasteiger partial charge in [0.05, 0.1) is 6.26 Å². The van der Waals surface area contributed by atoms with E-state index in [2.05, 4.69) is 13.8 Å². The number of benzene rings is 1. The second-order valence-electron chi connectivity index (χ2n) is 7.55. The molecule has 133 valence electrons. The fourth-order valence-electron chi connectivity index (χ4n) is 4.59. The summed E-state index contributed by atoms with van der Waals surface area (Å²) in [5.74, 6) is 1.77. The van der Waals surface area contributed by atoms with Crippen molar-refractivity contribution in [2.45, 2.75) is 58.3 Å². The van der Waals surface area contributed by atoms with Gasteiger partial charge in [0.2, 0.25) is 0 Å². The minimum Gasteiger partial charge on any atom is -0.383 e. The summed E-state index contributed by atoms with van der Waals surface area (Å²) in [6.45, 7) is 4.22. The molecule has 0 amide bonds. The van der Waals surface area contributed by atoms with Gasteiger partial charge in [0, 0.05) is 41.4 Å². The van der Waals surface area contributed by atoms with Gasteiger partial charge in [-0.05, 0) is 67.2 Å². The number of hydrogen-bond donors (Lipinski definition) is 0. The number of Topliss-reactive ketones (excluding diaryl/α,β-unsaturated/α-hetero) is 1. The zero-order valence-electron chi connectivity index (χ0n) is 15.7. The van der Waals surface area contributed by atoms with Gasteiger partial charge in [0.25, 0.3) is 0 Å². The Bertz CT molecular complexity index is 759. The third-order valence-electron chi connectivity index (χ3n) is 6.02. The van der Waals surface area contributed by atoms with Gasteiger partial charge >= 0.3 is 10.1 Å². The molecule has 0 heterocycles. The van der Waals surface area contributed by atoms with E-state index >= 15 is 0 Å². The Balaban J connectivity index is 0.00000225. The van der Waals surface area contributed by atoms with Crippen LogP contribution in [-0.2, 0) is 21.3 Å². The van der Waals surface area contributed by atoms with Crippen LogP contribution in [0.4, 0.5) is 0 Å². The van der Waals surface area contributed by atoms with Gasteiger partial charge in [-0.1, -0.05) is 19.9 Å². The van der Waals surface area contributed by atoms with Crippen molar-refractivity contribution in [2.24, 2.45) is 11.3 Å². The molecule has 2 saturated carbocycles. The third kappa shape index (κ3) is 4.32. The number of hydrogen-bond acceptors (Lipinski definition) is 4. The molecule has 2 aliphatic carbocycles. The monoisotopic (exact) mass is 373 g/mol. The summed E-state index contributed by atoms with van der Waals surface area (Å²) >= 11 is 0. The molecule has 2 aliphatic rings. The smallest absolute Gasteiger partial charge is 0.306 e. The van der Waals surface area contributed by atoms with Gasteiger partial charge in [0.15, 0.2) is 0 Å². The Morgan fingerprint density at radius 1 is 1.28 bits per heavy atom. The number of rotatable bonds is 4. The zero-order valence-corrected chi connectivity index (χ0v) is 18.5. The predicted molar refractivity (Wildman–Crippen MR) is 99.5 cm³/mol. The number of aryl methyl sites for hydroxylation is 1. The minimum atomic E-state index is -3.50. The fraction of sp³-hybridized carbons (Fsp3) is 0.632. The molecule has 0 aliphatic heterocycles. The van der Waals surface area contributed by atoms with E-state index in [4.69, 9.17) is 4.18 Å². The standard InChI is InChI=1S/C19H26O4S.Na/c1-4-13-12-16(23-24(3,21)22)6-7-17(13)14-9-10-19(2)15(11-14)5-8-18(19)20;/h6-7,12,14-15H,4-5,8-11H2,1-3H3;/t14-,15-,19-;/m0./s1. The summed E-state index contributed by atoms with van der Waals surface area (Å²) in [4.78, 5) is 12.2. The summed E-state index contributed by atoms with van der Waals surface area (Å²) in [6.07, 6.45) is 6.70. The second-order valence-corrected chi connectivity index (χ2v) is 9.12. The van der Waals surface area contributed by atoms with Crippen molar-refractivity contribution in [3.63, 3.8) is 0 Å². The molecule has 1 radical (unpaired) electrons. The van der Waals surface area contributed by atoms with Crippen molar-refractivity contribution < 1.29 is 17.4 Å². The molecular weight excluding hydrogens is 347 g/mol. The van der Waals surface area contributed by atoms with Crippen molar-refractivity contribution in [2.75, 3.05) is 6.26 Å². The SMILES string of the molecule is CCc1cc(OS(C)(=O)=O)ccc1[C@H]1CC[C@]2(C)C(=O)CC[C@H]2C1.[Na]. The molecule has 4 nitrogen and oxygen atoms in total. The number of ketones is 1. The van der Waals surface area contributed by atoms with E-state index in [1.54, 1.807) is 6.07 Å².